The van der Waals surface area contributed by atoms with Crippen LogP contribution >= 0.6 is 11.6 Å². The van der Waals surface area contributed by atoms with Crippen molar-refractivity contribution in [3.8, 4) is 5.75 Å². The van der Waals surface area contributed by atoms with Gasteiger partial charge in [-0.1, -0.05) is 23.7 Å². The van der Waals surface area contributed by atoms with E-state index in [1.54, 1.807) is 29.3 Å². The molecule has 0 bridgehead atoms. The number of anilines is 1. The summed E-state index contributed by atoms with van der Waals surface area (Å²) < 4.78 is 11.3. The van der Waals surface area contributed by atoms with E-state index < -0.39 is 5.60 Å². The van der Waals surface area contributed by atoms with Crippen LogP contribution in [-0.4, -0.2) is 72.0 Å². The number of ether oxygens (including phenoxy) is 2. The van der Waals surface area contributed by atoms with Crippen molar-refractivity contribution in [3.63, 3.8) is 0 Å². The monoisotopic (exact) mass is 530 g/mol. The van der Waals surface area contributed by atoms with E-state index in [1.165, 1.54) is 7.11 Å². The molecular formula is C27H35ClN4O5. The van der Waals surface area contributed by atoms with E-state index in [1.807, 2.05) is 26.0 Å². The molecule has 2 amide bonds. The highest BCUT2D eigenvalue weighted by Gasteiger charge is 2.35. The van der Waals surface area contributed by atoms with Gasteiger partial charge < -0.3 is 29.7 Å². The highest BCUT2D eigenvalue weighted by Crippen LogP contribution is 2.36. The predicted molar refractivity (Wildman–Crippen MR) is 141 cm³/mol. The lowest BCUT2D eigenvalue weighted by Crippen LogP contribution is -2.41. The van der Waals surface area contributed by atoms with E-state index in [4.69, 9.17) is 21.1 Å². The molecule has 2 aliphatic rings. The molecule has 0 radical (unpaired) electrons. The maximum Gasteiger partial charge on any atom is 0.409 e. The number of methoxy groups -OCH3 is 1. The summed E-state index contributed by atoms with van der Waals surface area (Å²) in [7, 11) is 1.38. The van der Waals surface area contributed by atoms with E-state index in [9.17, 15) is 14.7 Å². The lowest BCUT2D eigenvalue weighted by atomic mass is 9.90. The smallest absolute Gasteiger partial charge is 0.409 e. The maximum absolute atomic E-state index is 12.9. The van der Waals surface area contributed by atoms with Gasteiger partial charge in [0.1, 0.15) is 17.5 Å². The molecule has 37 heavy (non-hydrogen) atoms. The van der Waals surface area contributed by atoms with Crippen molar-refractivity contribution in [3.05, 3.63) is 52.8 Å². The van der Waals surface area contributed by atoms with Gasteiger partial charge in [0.15, 0.2) is 0 Å². The van der Waals surface area contributed by atoms with Gasteiger partial charge in [0.2, 0.25) is 0 Å². The van der Waals surface area contributed by atoms with Crippen molar-refractivity contribution in [1.29, 1.82) is 0 Å². The third-order valence-electron chi connectivity index (χ3n) is 7.14. The fraction of sp³-hybridized carbons (Fsp3) is 0.519. The number of aromatic nitrogens is 1. The van der Waals surface area contributed by atoms with Crippen molar-refractivity contribution in [2.24, 2.45) is 5.92 Å². The first-order chi connectivity index (χ1) is 17.6. The van der Waals surface area contributed by atoms with Gasteiger partial charge in [-0.05, 0) is 38.0 Å². The Balaban J connectivity index is 1.50. The molecule has 2 N–H and O–H groups in total. The molecule has 2 saturated heterocycles. The van der Waals surface area contributed by atoms with Crippen LogP contribution in [0, 0.1) is 5.92 Å². The summed E-state index contributed by atoms with van der Waals surface area (Å²) in [6, 6.07) is 8.98. The standard InChI is InChI=1S/C27H35ClN4O5/c1-27(2,35)19-8-11-32(17-19)23-16-29-22(25(33)30-15-18-4-6-20(28)7-5-18)14-24(23)37-21-9-12-31(13-10-21)26(34)36-3/h4-7,14,16,19,21,35H,8-13,15,17H2,1-3H3,(H,30,33). The molecule has 2 aromatic rings. The highest BCUT2D eigenvalue weighted by atomic mass is 35.5. The highest BCUT2D eigenvalue weighted by molar-refractivity contribution is 6.30. The third-order valence-corrected chi connectivity index (χ3v) is 7.39. The lowest BCUT2D eigenvalue weighted by molar-refractivity contribution is 0.0263. The molecular weight excluding hydrogens is 496 g/mol. The predicted octanol–water partition coefficient (Wildman–Crippen LogP) is 3.87. The Morgan fingerprint density at radius 1 is 1.16 bits per heavy atom. The number of rotatable bonds is 7. The average Bonchev–Trinajstić information content (AvgIpc) is 3.39. The molecule has 1 aromatic carbocycles. The fourth-order valence-electron chi connectivity index (χ4n) is 4.78. The Hall–Kier alpha value is -3.04. The van der Waals surface area contributed by atoms with Crippen LogP contribution in [-0.2, 0) is 11.3 Å². The van der Waals surface area contributed by atoms with Gasteiger partial charge in [0, 0.05) is 62.6 Å². The number of carbonyl (C=O) groups is 2. The summed E-state index contributed by atoms with van der Waals surface area (Å²) in [4.78, 5) is 33.1. The summed E-state index contributed by atoms with van der Waals surface area (Å²) in [6.07, 6.45) is 3.40. The quantitative estimate of drug-likeness (QED) is 0.560. The summed E-state index contributed by atoms with van der Waals surface area (Å²) in [6.45, 7) is 6.52. The zero-order valence-corrected chi connectivity index (χ0v) is 22.3. The number of hydrogen-bond acceptors (Lipinski definition) is 7. The molecule has 200 valence electrons. The number of carbonyl (C=O) groups excluding carboxylic acids is 2. The van der Waals surface area contributed by atoms with Crippen molar-refractivity contribution in [2.75, 3.05) is 38.2 Å². The SMILES string of the molecule is COC(=O)N1CCC(Oc2cc(C(=O)NCc3ccc(Cl)cc3)ncc2N2CCC(C(C)(C)O)C2)CC1. The summed E-state index contributed by atoms with van der Waals surface area (Å²) in [5.74, 6) is 0.396. The second-order valence-electron chi connectivity index (χ2n) is 10.2. The molecule has 0 saturated carbocycles. The van der Waals surface area contributed by atoms with Gasteiger partial charge in [-0.25, -0.2) is 9.78 Å². The van der Waals surface area contributed by atoms with Gasteiger partial charge in [-0.15, -0.1) is 0 Å². The third kappa shape index (κ3) is 6.84. The van der Waals surface area contributed by atoms with Crippen LogP contribution in [0.3, 0.4) is 0 Å². The van der Waals surface area contributed by atoms with Crippen LogP contribution < -0.4 is 15.0 Å². The molecule has 1 unspecified atom stereocenters. The number of likely N-dealkylation sites (tertiary alicyclic amines) is 1. The van der Waals surface area contributed by atoms with Gasteiger partial charge in [-0.2, -0.15) is 0 Å². The molecule has 9 nitrogen and oxygen atoms in total. The van der Waals surface area contributed by atoms with E-state index >= 15 is 0 Å². The Kier molecular flexibility index (Phi) is 8.44. The molecule has 2 fully saturated rings. The second-order valence-corrected chi connectivity index (χ2v) is 10.6. The number of nitrogens with one attached hydrogen (secondary N) is 1. The number of piperidine rings is 1. The van der Waals surface area contributed by atoms with Crippen molar-refractivity contribution >= 4 is 29.3 Å². The minimum Gasteiger partial charge on any atom is -0.488 e. The van der Waals surface area contributed by atoms with Crippen LogP contribution in [0.25, 0.3) is 0 Å². The van der Waals surface area contributed by atoms with Crippen LogP contribution in [0.5, 0.6) is 5.75 Å². The van der Waals surface area contributed by atoms with Crippen LogP contribution in [0.15, 0.2) is 36.5 Å². The number of halogens is 1. The second kappa shape index (κ2) is 11.6. The van der Waals surface area contributed by atoms with Crippen LogP contribution in [0.2, 0.25) is 5.02 Å². The molecule has 3 heterocycles. The Morgan fingerprint density at radius 3 is 2.49 bits per heavy atom. The molecule has 0 aliphatic carbocycles. The number of amides is 2. The molecule has 2 aliphatic heterocycles. The van der Waals surface area contributed by atoms with Gasteiger partial charge in [0.05, 0.1) is 24.6 Å². The zero-order valence-electron chi connectivity index (χ0n) is 21.6. The molecule has 4 rings (SSSR count). The Morgan fingerprint density at radius 2 is 1.86 bits per heavy atom. The fourth-order valence-corrected chi connectivity index (χ4v) is 4.91. The lowest BCUT2D eigenvalue weighted by Gasteiger charge is -2.32. The Labute approximate surface area is 222 Å². The molecule has 10 heteroatoms. The van der Waals surface area contributed by atoms with Gasteiger partial charge >= 0.3 is 6.09 Å². The Bertz CT molecular complexity index is 1100. The first kappa shape index (κ1) is 27.0. The summed E-state index contributed by atoms with van der Waals surface area (Å²) >= 11 is 5.95. The number of benzene rings is 1. The number of aliphatic hydroxyl groups is 1. The van der Waals surface area contributed by atoms with E-state index in [0.29, 0.717) is 49.8 Å². The zero-order chi connectivity index (χ0) is 26.6. The van der Waals surface area contributed by atoms with Gasteiger partial charge in [-0.3, -0.25) is 4.79 Å². The maximum atomic E-state index is 12.9. The number of pyridine rings is 1. The first-order valence-electron chi connectivity index (χ1n) is 12.6. The average molecular weight is 531 g/mol. The van der Waals surface area contributed by atoms with Crippen molar-refractivity contribution < 1.29 is 24.2 Å². The minimum atomic E-state index is -0.786. The van der Waals surface area contributed by atoms with Crippen LogP contribution in [0.4, 0.5) is 10.5 Å². The van der Waals surface area contributed by atoms with Crippen LogP contribution in [0.1, 0.15) is 49.2 Å². The largest absolute Gasteiger partial charge is 0.488 e. The van der Waals surface area contributed by atoms with E-state index in [0.717, 1.165) is 24.2 Å². The van der Waals surface area contributed by atoms with Crippen molar-refractivity contribution in [1.82, 2.24) is 15.2 Å². The first-order valence-corrected chi connectivity index (χ1v) is 13.0. The number of nitrogens with zero attached hydrogens (tertiary/aromatic N) is 3. The van der Waals surface area contributed by atoms with Crippen molar-refractivity contribution in [2.45, 2.75) is 51.4 Å². The summed E-state index contributed by atoms with van der Waals surface area (Å²) in [5.41, 5.74) is 1.21. The normalized spacial score (nSPS) is 18.6. The topological polar surface area (TPSA) is 104 Å². The molecule has 1 aromatic heterocycles. The van der Waals surface area contributed by atoms with Gasteiger partial charge in [0.25, 0.3) is 5.91 Å². The molecule has 1 atom stereocenters. The summed E-state index contributed by atoms with van der Waals surface area (Å²) in [5, 5.41) is 14.1. The minimum absolute atomic E-state index is 0.111. The number of hydrogen-bond donors (Lipinski definition) is 2. The van der Waals surface area contributed by atoms with E-state index in [-0.39, 0.29) is 29.7 Å². The van der Waals surface area contributed by atoms with E-state index in [2.05, 4.69) is 15.2 Å². The molecule has 0 spiro atoms.